The highest BCUT2D eigenvalue weighted by molar-refractivity contribution is 7.98. The summed E-state index contributed by atoms with van der Waals surface area (Å²) in [6, 6.07) is 11.6. The number of thioether (sulfide) groups is 1. The zero-order valence-corrected chi connectivity index (χ0v) is 13.7. The van der Waals surface area contributed by atoms with Gasteiger partial charge in [-0.2, -0.15) is 18.3 Å². The average molecular weight is 370 g/mol. The maximum Gasteiger partial charge on any atom is 0.433 e. The molecule has 24 heavy (non-hydrogen) atoms. The van der Waals surface area contributed by atoms with Gasteiger partial charge in [-0.1, -0.05) is 11.6 Å². The molecule has 2 aromatic heterocycles. The molecule has 0 saturated carbocycles. The van der Waals surface area contributed by atoms with Crippen LogP contribution < -0.4 is 0 Å². The van der Waals surface area contributed by atoms with Gasteiger partial charge in [-0.15, -0.1) is 11.8 Å². The molecule has 1 aromatic carbocycles. The highest BCUT2D eigenvalue weighted by Crippen LogP contribution is 2.31. The number of nitrogens with zero attached hydrogens (tertiary/aromatic N) is 3. The molecule has 3 rings (SSSR count). The Labute approximate surface area is 145 Å². The van der Waals surface area contributed by atoms with Gasteiger partial charge in [-0.05, 0) is 42.5 Å². The third-order valence-corrected chi connectivity index (χ3v) is 4.42. The molecule has 0 aliphatic carbocycles. The number of benzene rings is 1. The minimum Gasteiger partial charge on any atom is -0.252 e. The molecule has 0 aliphatic rings. The molecule has 0 fully saturated rings. The number of hydrogen-bond acceptors (Lipinski definition) is 3. The summed E-state index contributed by atoms with van der Waals surface area (Å²) in [4.78, 5) is 3.85. The standard InChI is InChI=1S/C16H11ClF3N3S/c17-11-1-3-13(4-2-11)23-8-6-12(22-23)10-24-14-5-7-21-15(9-14)16(18,19)20/h1-9H,10H2. The minimum absolute atomic E-state index is 0.460. The molecule has 0 aliphatic heterocycles. The zero-order chi connectivity index (χ0) is 17.2. The van der Waals surface area contributed by atoms with Gasteiger partial charge in [-0.25, -0.2) is 4.68 Å². The zero-order valence-electron chi connectivity index (χ0n) is 12.2. The number of pyridine rings is 1. The summed E-state index contributed by atoms with van der Waals surface area (Å²) in [7, 11) is 0. The van der Waals surface area contributed by atoms with Crippen LogP contribution in [0.15, 0.2) is 59.8 Å². The molecule has 3 aromatic rings. The van der Waals surface area contributed by atoms with E-state index in [2.05, 4.69) is 10.1 Å². The molecular weight excluding hydrogens is 359 g/mol. The Kier molecular flexibility index (Phi) is 4.82. The van der Waals surface area contributed by atoms with Crippen molar-refractivity contribution in [1.82, 2.24) is 14.8 Å². The largest absolute Gasteiger partial charge is 0.433 e. The van der Waals surface area contributed by atoms with Gasteiger partial charge >= 0.3 is 6.18 Å². The third kappa shape index (κ3) is 4.10. The van der Waals surface area contributed by atoms with E-state index in [-0.39, 0.29) is 0 Å². The lowest BCUT2D eigenvalue weighted by molar-refractivity contribution is -0.141. The molecule has 0 radical (unpaired) electrons. The SMILES string of the molecule is FC(F)(F)c1cc(SCc2ccn(-c3ccc(Cl)cc3)n2)ccn1. The average Bonchev–Trinajstić information content (AvgIpc) is 3.02. The summed E-state index contributed by atoms with van der Waals surface area (Å²) in [6.45, 7) is 0. The van der Waals surface area contributed by atoms with Gasteiger partial charge in [0.1, 0.15) is 5.69 Å². The lowest BCUT2D eigenvalue weighted by Crippen LogP contribution is -2.07. The van der Waals surface area contributed by atoms with Crippen molar-refractivity contribution in [3.05, 3.63) is 71.3 Å². The van der Waals surface area contributed by atoms with Crippen molar-refractivity contribution >= 4 is 23.4 Å². The van der Waals surface area contributed by atoms with Crippen molar-refractivity contribution in [2.24, 2.45) is 0 Å². The van der Waals surface area contributed by atoms with Crippen molar-refractivity contribution in [2.45, 2.75) is 16.8 Å². The van der Waals surface area contributed by atoms with E-state index in [1.165, 1.54) is 11.8 Å². The van der Waals surface area contributed by atoms with E-state index >= 15 is 0 Å². The third-order valence-electron chi connectivity index (χ3n) is 3.14. The number of hydrogen-bond donors (Lipinski definition) is 0. The van der Waals surface area contributed by atoms with Crippen LogP contribution in [0.1, 0.15) is 11.4 Å². The molecule has 0 unspecified atom stereocenters. The van der Waals surface area contributed by atoms with Gasteiger partial charge < -0.3 is 0 Å². The van der Waals surface area contributed by atoms with Crippen molar-refractivity contribution in [1.29, 1.82) is 0 Å². The normalized spacial score (nSPS) is 11.7. The van der Waals surface area contributed by atoms with Gasteiger partial charge in [0.2, 0.25) is 0 Å². The van der Waals surface area contributed by atoms with Gasteiger partial charge in [-0.3, -0.25) is 4.98 Å². The van der Waals surface area contributed by atoms with Crippen molar-refractivity contribution in [3.8, 4) is 5.69 Å². The Morgan fingerprint density at radius 2 is 1.83 bits per heavy atom. The quantitative estimate of drug-likeness (QED) is 0.590. The Morgan fingerprint density at radius 3 is 2.54 bits per heavy atom. The van der Waals surface area contributed by atoms with Crippen LogP contribution >= 0.6 is 23.4 Å². The molecule has 0 atom stereocenters. The number of aromatic nitrogens is 3. The lowest BCUT2D eigenvalue weighted by Gasteiger charge is -2.06. The first kappa shape index (κ1) is 16.9. The minimum atomic E-state index is -4.44. The summed E-state index contributed by atoms with van der Waals surface area (Å²) < 4.78 is 39.7. The predicted octanol–water partition coefficient (Wildman–Crippen LogP) is 5.23. The summed E-state index contributed by atoms with van der Waals surface area (Å²) in [6.07, 6.45) is -1.48. The van der Waals surface area contributed by atoms with E-state index in [1.54, 1.807) is 29.1 Å². The Hall–Kier alpha value is -1.99. The Morgan fingerprint density at radius 1 is 1.08 bits per heavy atom. The van der Waals surface area contributed by atoms with Crippen molar-refractivity contribution in [2.75, 3.05) is 0 Å². The first-order chi connectivity index (χ1) is 11.4. The summed E-state index contributed by atoms with van der Waals surface area (Å²) in [5, 5.41) is 5.05. The molecule has 124 valence electrons. The van der Waals surface area contributed by atoms with Crippen LogP contribution in [0.5, 0.6) is 0 Å². The van der Waals surface area contributed by atoms with Gasteiger partial charge in [0.05, 0.1) is 11.4 Å². The maximum atomic E-state index is 12.7. The van der Waals surface area contributed by atoms with E-state index in [1.807, 2.05) is 18.2 Å². The van der Waals surface area contributed by atoms with Crippen LogP contribution in [0.4, 0.5) is 13.2 Å². The van der Waals surface area contributed by atoms with Crippen molar-refractivity contribution in [3.63, 3.8) is 0 Å². The molecule has 2 heterocycles. The molecular formula is C16H11ClF3N3S. The number of halogens is 4. The van der Waals surface area contributed by atoms with Gasteiger partial charge in [0, 0.05) is 28.1 Å². The lowest BCUT2D eigenvalue weighted by atomic mass is 10.3. The van der Waals surface area contributed by atoms with Crippen LogP contribution in [-0.2, 0) is 11.9 Å². The second-order valence-corrected chi connectivity index (χ2v) is 6.38. The van der Waals surface area contributed by atoms with E-state index in [4.69, 9.17) is 11.6 Å². The molecule has 8 heteroatoms. The fourth-order valence-electron chi connectivity index (χ4n) is 1.99. The first-order valence-electron chi connectivity index (χ1n) is 6.88. The maximum absolute atomic E-state index is 12.7. The summed E-state index contributed by atoms with van der Waals surface area (Å²) in [5.41, 5.74) is 0.735. The van der Waals surface area contributed by atoms with E-state index in [0.717, 1.165) is 23.6 Å². The highest BCUT2D eigenvalue weighted by atomic mass is 35.5. The highest BCUT2D eigenvalue weighted by Gasteiger charge is 2.32. The first-order valence-corrected chi connectivity index (χ1v) is 8.25. The summed E-state index contributed by atoms with van der Waals surface area (Å²) >= 11 is 7.13. The van der Waals surface area contributed by atoms with Crippen molar-refractivity contribution < 1.29 is 13.2 Å². The van der Waals surface area contributed by atoms with E-state index in [9.17, 15) is 13.2 Å². The van der Waals surface area contributed by atoms with E-state index < -0.39 is 11.9 Å². The fraction of sp³-hybridized carbons (Fsp3) is 0.125. The molecule has 0 spiro atoms. The molecule has 0 N–H and O–H groups in total. The Balaban J connectivity index is 1.69. The topological polar surface area (TPSA) is 30.7 Å². The monoisotopic (exact) mass is 369 g/mol. The summed E-state index contributed by atoms with van der Waals surface area (Å²) in [5.74, 6) is 0.460. The van der Waals surface area contributed by atoms with Crippen LogP contribution in [0.25, 0.3) is 5.69 Å². The predicted molar refractivity (Wildman–Crippen MR) is 87.4 cm³/mol. The number of rotatable bonds is 4. The Bertz CT molecular complexity index is 831. The fourth-order valence-corrected chi connectivity index (χ4v) is 2.94. The van der Waals surface area contributed by atoms with Gasteiger partial charge in [0.15, 0.2) is 0 Å². The van der Waals surface area contributed by atoms with Gasteiger partial charge in [0.25, 0.3) is 0 Å². The van der Waals surface area contributed by atoms with Crippen LogP contribution in [0, 0.1) is 0 Å². The van der Waals surface area contributed by atoms with E-state index in [0.29, 0.717) is 15.7 Å². The molecule has 0 bridgehead atoms. The molecule has 0 saturated heterocycles. The second-order valence-electron chi connectivity index (χ2n) is 4.89. The van der Waals surface area contributed by atoms with Crippen LogP contribution in [-0.4, -0.2) is 14.8 Å². The smallest absolute Gasteiger partial charge is 0.252 e. The van der Waals surface area contributed by atoms with Crippen LogP contribution in [0.3, 0.4) is 0 Å². The number of alkyl halides is 3. The molecule has 0 amide bonds. The molecule has 3 nitrogen and oxygen atoms in total. The second kappa shape index (κ2) is 6.86. The van der Waals surface area contributed by atoms with Crippen LogP contribution in [0.2, 0.25) is 5.02 Å².